The van der Waals surface area contributed by atoms with Gasteiger partial charge in [0, 0.05) is 76.8 Å². The number of carbonyl (C=O) groups excluding carboxylic acids is 1. The van der Waals surface area contributed by atoms with Gasteiger partial charge in [-0.25, -0.2) is 4.79 Å². The number of hydrogen-bond acceptors (Lipinski definition) is 5. The molecule has 1 aromatic carbocycles. The zero-order valence-corrected chi connectivity index (χ0v) is 16.8. The molecule has 0 atom stereocenters. The van der Waals surface area contributed by atoms with Crippen molar-refractivity contribution in [2.75, 3.05) is 88.5 Å². The standard InChI is InChI=1S/C21H33N5O2/c27-21(22-7-10-23-15-17-28-18-16-23)26-13-11-25(12-14-26)20-5-3-19(4-6-20)24-8-1-2-9-24/h3-6H,1-2,7-18H2,(H,22,27). The minimum absolute atomic E-state index is 0.0669. The summed E-state index contributed by atoms with van der Waals surface area (Å²) < 4.78 is 5.36. The molecule has 1 aromatic rings. The van der Waals surface area contributed by atoms with Crippen molar-refractivity contribution in [1.29, 1.82) is 0 Å². The fourth-order valence-corrected chi connectivity index (χ4v) is 4.27. The molecule has 7 heteroatoms. The summed E-state index contributed by atoms with van der Waals surface area (Å²) in [6.07, 6.45) is 2.61. The molecule has 0 radical (unpaired) electrons. The number of nitrogens with zero attached hydrogens (tertiary/aromatic N) is 4. The second-order valence-electron chi connectivity index (χ2n) is 7.87. The molecular weight excluding hydrogens is 354 g/mol. The van der Waals surface area contributed by atoms with Crippen LogP contribution in [0.5, 0.6) is 0 Å². The van der Waals surface area contributed by atoms with Crippen LogP contribution in [-0.2, 0) is 4.74 Å². The molecule has 154 valence electrons. The van der Waals surface area contributed by atoms with Crippen LogP contribution >= 0.6 is 0 Å². The SMILES string of the molecule is O=C(NCCN1CCOCC1)N1CCN(c2ccc(N3CCCC3)cc2)CC1. The Labute approximate surface area is 168 Å². The smallest absolute Gasteiger partial charge is 0.317 e. The quantitative estimate of drug-likeness (QED) is 0.829. The van der Waals surface area contributed by atoms with E-state index in [0.717, 1.165) is 59.0 Å². The third-order valence-electron chi connectivity index (χ3n) is 6.06. The first-order chi connectivity index (χ1) is 13.8. The molecule has 28 heavy (non-hydrogen) atoms. The number of amides is 2. The number of anilines is 2. The third kappa shape index (κ3) is 4.89. The van der Waals surface area contributed by atoms with Crippen molar-refractivity contribution >= 4 is 17.4 Å². The zero-order chi connectivity index (χ0) is 19.2. The summed E-state index contributed by atoms with van der Waals surface area (Å²) in [4.78, 5) is 21.5. The number of benzene rings is 1. The Bertz CT molecular complexity index is 618. The van der Waals surface area contributed by atoms with Gasteiger partial charge in [-0.15, -0.1) is 0 Å². The van der Waals surface area contributed by atoms with Crippen LogP contribution in [-0.4, -0.2) is 94.5 Å². The summed E-state index contributed by atoms with van der Waals surface area (Å²) >= 11 is 0. The molecule has 4 rings (SSSR count). The van der Waals surface area contributed by atoms with Gasteiger partial charge < -0.3 is 24.8 Å². The molecule has 3 saturated heterocycles. The van der Waals surface area contributed by atoms with Crippen LogP contribution in [0.15, 0.2) is 24.3 Å². The number of morpholine rings is 1. The lowest BCUT2D eigenvalue weighted by atomic mass is 10.2. The van der Waals surface area contributed by atoms with Crippen LogP contribution in [0.2, 0.25) is 0 Å². The van der Waals surface area contributed by atoms with E-state index in [0.29, 0.717) is 6.54 Å². The highest BCUT2D eigenvalue weighted by atomic mass is 16.5. The van der Waals surface area contributed by atoms with Gasteiger partial charge in [-0.1, -0.05) is 0 Å². The fraction of sp³-hybridized carbons (Fsp3) is 0.667. The van der Waals surface area contributed by atoms with Crippen molar-refractivity contribution in [3.63, 3.8) is 0 Å². The van der Waals surface area contributed by atoms with Crippen molar-refractivity contribution in [2.24, 2.45) is 0 Å². The molecule has 0 spiro atoms. The third-order valence-corrected chi connectivity index (χ3v) is 6.06. The maximum Gasteiger partial charge on any atom is 0.317 e. The van der Waals surface area contributed by atoms with Crippen LogP contribution in [0.4, 0.5) is 16.2 Å². The van der Waals surface area contributed by atoms with Crippen LogP contribution in [0.1, 0.15) is 12.8 Å². The van der Waals surface area contributed by atoms with E-state index < -0.39 is 0 Å². The van der Waals surface area contributed by atoms with Crippen molar-refractivity contribution < 1.29 is 9.53 Å². The maximum absolute atomic E-state index is 12.4. The predicted molar refractivity (Wildman–Crippen MR) is 112 cm³/mol. The second-order valence-corrected chi connectivity index (χ2v) is 7.87. The maximum atomic E-state index is 12.4. The van der Waals surface area contributed by atoms with Gasteiger partial charge in [-0.3, -0.25) is 4.90 Å². The number of hydrogen-bond donors (Lipinski definition) is 1. The van der Waals surface area contributed by atoms with Gasteiger partial charge in [0.15, 0.2) is 0 Å². The first-order valence-corrected chi connectivity index (χ1v) is 10.7. The number of rotatable bonds is 5. The fourth-order valence-electron chi connectivity index (χ4n) is 4.27. The van der Waals surface area contributed by atoms with E-state index in [1.54, 1.807) is 0 Å². The minimum Gasteiger partial charge on any atom is -0.379 e. The number of carbonyl (C=O) groups is 1. The van der Waals surface area contributed by atoms with Crippen LogP contribution in [0.3, 0.4) is 0 Å². The van der Waals surface area contributed by atoms with E-state index in [1.165, 1.54) is 37.3 Å². The normalized spacial score (nSPS) is 21.2. The van der Waals surface area contributed by atoms with Crippen molar-refractivity contribution in [3.05, 3.63) is 24.3 Å². The van der Waals surface area contributed by atoms with E-state index in [-0.39, 0.29) is 6.03 Å². The van der Waals surface area contributed by atoms with Gasteiger partial charge in [0.2, 0.25) is 0 Å². The molecule has 0 aromatic heterocycles. The average Bonchev–Trinajstić information content (AvgIpc) is 3.30. The minimum atomic E-state index is 0.0669. The second kappa shape index (κ2) is 9.47. The van der Waals surface area contributed by atoms with Crippen LogP contribution in [0.25, 0.3) is 0 Å². The Morgan fingerprint density at radius 2 is 1.39 bits per heavy atom. The van der Waals surface area contributed by atoms with Gasteiger partial charge in [0.05, 0.1) is 13.2 Å². The lowest BCUT2D eigenvalue weighted by Crippen LogP contribution is -2.52. The van der Waals surface area contributed by atoms with E-state index >= 15 is 0 Å². The molecule has 0 aliphatic carbocycles. The molecule has 0 unspecified atom stereocenters. The summed E-state index contributed by atoms with van der Waals surface area (Å²) in [5, 5.41) is 3.07. The molecule has 0 saturated carbocycles. The number of nitrogens with one attached hydrogen (secondary N) is 1. The predicted octanol–water partition coefficient (Wildman–Crippen LogP) is 1.45. The highest BCUT2D eigenvalue weighted by Crippen LogP contribution is 2.24. The molecule has 3 aliphatic rings. The monoisotopic (exact) mass is 387 g/mol. The number of ether oxygens (including phenoxy) is 1. The zero-order valence-electron chi connectivity index (χ0n) is 16.8. The van der Waals surface area contributed by atoms with Gasteiger partial charge in [-0.05, 0) is 37.1 Å². The van der Waals surface area contributed by atoms with E-state index in [2.05, 4.69) is 44.3 Å². The van der Waals surface area contributed by atoms with Crippen molar-refractivity contribution in [2.45, 2.75) is 12.8 Å². The molecule has 2 amide bonds. The number of piperazine rings is 1. The topological polar surface area (TPSA) is 51.3 Å². The Hall–Kier alpha value is -1.99. The molecule has 0 bridgehead atoms. The molecule has 3 fully saturated rings. The van der Waals surface area contributed by atoms with E-state index in [4.69, 9.17) is 4.74 Å². The lowest BCUT2D eigenvalue weighted by Gasteiger charge is -2.36. The molecule has 3 aliphatic heterocycles. The largest absolute Gasteiger partial charge is 0.379 e. The van der Waals surface area contributed by atoms with E-state index in [1.807, 2.05) is 4.90 Å². The van der Waals surface area contributed by atoms with Gasteiger partial charge in [0.25, 0.3) is 0 Å². The lowest BCUT2D eigenvalue weighted by molar-refractivity contribution is 0.0386. The van der Waals surface area contributed by atoms with Crippen LogP contribution < -0.4 is 15.1 Å². The van der Waals surface area contributed by atoms with Gasteiger partial charge >= 0.3 is 6.03 Å². The highest BCUT2D eigenvalue weighted by Gasteiger charge is 2.21. The molecule has 1 N–H and O–H groups in total. The summed E-state index contributed by atoms with van der Waals surface area (Å²) in [5.41, 5.74) is 2.59. The molecule has 3 heterocycles. The van der Waals surface area contributed by atoms with Crippen molar-refractivity contribution in [3.8, 4) is 0 Å². The summed E-state index contributed by atoms with van der Waals surface area (Å²) in [5.74, 6) is 0. The van der Waals surface area contributed by atoms with Gasteiger partial charge in [0.1, 0.15) is 0 Å². The first-order valence-electron chi connectivity index (χ1n) is 10.7. The Morgan fingerprint density at radius 3 is 2.00 bits per heavy atom. The number of urea groups is 1. The molecular formula is C21H33N5O2. The first kappa shape index (κ1) is 19.3. The summed E-state index contributed by atoms with van der Waals surface area (Å²) in [6, 6.07) is 9.01. The van der Waals surface area contributed by atoms with Gasteiger partial charge in [-0.2, -0.15) is 0 Å². The summed E-state index contributed by atoms with van der Waals surface area (Å²) in [7, 11) is 0. The average molecular weight is 388 g/mol. The Kier molecular flexibility index (Phi) is 6.54. The molecule has 7 nitrogen and oxygen atoms in total. The Balaban J connectivity index is 1.19. The Morgan fingerprint density at radius 1 is 0.821 bits per heavy atom. The van der Waals surface area contributed by atoms with Crippen molar-refractivity contribution in [1.82, 2.24) is 15.1 Å². The van der Waals surface area contributed by atoms with Crippen LogP contribution in [0, 0.1) is 0 Å². The van der Waals surface area contributed by atoms with E-state index in [9.17, 15) is 4.79 Å². The summed E-state index contributed by atoms with van der Waals surface area (Å²) in [6.45, 7) is 10.8. The highest BCUT2D eigenvalue weighted by molar-refractivity contribution is 5.74.